The summed E-state index contributed by atoms with van der Waals surface area (Å²) in [5, 5.41) is 6.60. The van der Waals surface area contributed by atoms with Crippen molar-refractivity contribution in [2.75, 3.05) is 13.1 Å². The fraction of sp³-hybridized carbons (Fsp3) is 0.300. The Morgan fingerprint density at radius 1 is 1.36 bits per heavy atom. The molecule has 2 N–H and O–H groups in total. The SMILES string of the molecule is O=C1NCCN[C@H]1c1cccc(Cl)c1. The smallest absolute Gasteiger partial charge is 0.241 e. The summed E-state index contributed by atoms with van der Waals surface area (Å²) in [5.41, 5.74) is 0.912. The van der Waals surface area contributed by atoms with Gasteiger partial charge in [-0.1, -0.05) is 23.7 Å². The zero-order valence-electron chi connectivity index (χ0n) is 7.59. The number of carbonyl (C=O) groups is 1. The van der Waals surface area contributed by atoms with Gasteiger partial charge in [-0.25, -0.2) is 0 Å². The first kappa shape index (κ1) is 9.49. The largest absolute Gasteiger partial charge is 0.353 e. The molecule has 1 aromatic rings. The second-order valence-corrected chi connectivity index (χ2v) is 3.67. The van der Waals surface area contributed by atoms with Crippen LogP contribution in [0.4, 0.5) is 0 Å². The Labute approximate surface area is 87.4 Å². The highest BCUT2D eigenvalue weighted by Gasteiger charge is 2.22. The van der Waals surface area contributed by atoms with E-state index in [1.165, 1.54) is 0 Å². The first-order valence-corrected chi connectivity index (χ1v) is 4.92. The fourth-order valence-electron chi connectivity index (χ4n) is 1.55. The summed E-state index contributed by atoms with van der Waals surface area (Å²) in [6.45, 7) is 1.48. The number of rotatable bonds is 1. The molecule has 1 aromatic carbocycles. The van der Waals surface area contributed by atoms with Gasteiger partial charge in [-0.05, 0) is 17.7 Å². The summed E-state index contributed by atoms with van der Waals surface area (Å²) in [5.74, 6) is 0.0125. The molecule has 1 atom stereocenters. The van der Waals surface area contributed by atoms with Crippen LogP contribution >= 0.6 is 11.6 Å². The van der Waals surface area contributed by atoms with Crippen molar-refractivity contribution in [2.45, 2.75) is 6.04 Å². The lowest BCUT2D eigenvalue weighted by Gasteiger charge is -2.23. The lowest BCUT2D eigenvalue weighted by molar-refractivity contribution is -0.124. The highest BCUT2D eigenvalue weighted by molar-refractivity contribution is 6.30. The lowest BCUT2D eigenvalue weighted by atomic mass is 10.1. The van der Waals surface area contributed by atoms with Crippen LogP contribution < -0.4 is 10.6 Å². The van der Waals surface area contributed by atoms with Crippen LogP contribution in [0.25, 0.3) is 0 Å². The van der Waals surface area contributed by atoms with Crippen molar-refractivity contribution in [3.8, 4) is 0 Å². The molecule has 4 heteroatoms. The van der Waals surface area contributed by atoms with Crippen molar-refractivity contribution < 1.29 is 4.79 Å². The molecule has 2 rings (SSSR count). The highest BCUT2D eigenvalue weighted by Crippen LogP contribution is 2.18. The number of benzene rings is 1. The molecule has 74 valence electrons. The second kappa shape index (κ2) is 3.98. The molecule has 0 aliphatic carbocycles. The molecule has 1 amide bonds. The molecule has 1 aliphatic heterocycles. The molecule has 0 bridgehead atoms. The molecule has 0 saturated carbocycles. The lowest BCUT2D eigenvalue weighted by Crippen LogP contribution is -2.47. The molecule has 1 heterocycles. The number of hydrogen-bond acceptors (Lipinski definition) is 2. The van der Waals surface area contributed by atoms with E-state index in [-0.39, 0.29) is 11.9 Å². The third-order valence-corrected chi connectivity index (χ3v) is 2.45. The van der Waals surface area contributed by atoms with Crippen LogP contribution in [0.15, 0.2) is 24.3 Å². The Balaban J connectivity index is 2.24. The molecule has 1 saturated heterocycles. The van der Waals surface area contributed by atoms with Gasteiger partial charge in [-0.15, -0.1) is 0 Å². The van der Waals surface area contributed by atoms with E-state index >= 15 is 0 Å². The van der Waals surface area contributed by atoms with Gasteiger partial charge in [0.15, 0.2) is 0 Å². The molecule has 14 heavy (non-hydrogen) atoms. The second-order valence-electron chi connectivity index (χ2n) is 3.23. The number of hydrogen-bond donors (Lipinski definition) is 2. The number of amides is 1. The van der Waals surface area contributed by atoms with Crippen LogP contribution in [0.5, 0.6) is 0 Å². The van der Waals surface area contributed by atoms with E-state index < -0.39 is 0 Å². The molecule has 0 aromatic heterocycles. The number of carbonyl (C=O) groups excluding carboxylic acids is 1. The highest BCUT2D eigenvalue weighted by atomic mass is 35.5. The van der Waals surface area contributed by atoms with Crippen molar-refractivity contribution in [1.82, 2.24) is 10.6 Å². The molecule has 0 spiro atoms. The van der Waals surface area contributed by atoms with Gasteiger partial charge in [-0.2, -0.15) is 0 Å². The van der Waals surface area contributed by atoms with E-state index in [1.54, 1.807) is 6.07 Å². The van der Waals surface area contributed by atoms with Crippen molar-refractivity contribution in [3.63, 3.8) is 0 Å². The van der Waals surface area contributed by atoms with Crippen molar-refractivity contribution in [3.05, 3.63) is 34.9 Å². The molecular formula is C10H11ClN2O. The summed E-state index contributed by atoms with van der Waals surface area (Å²) in [6.07, 6.45) is 0. The Bertz CT molecular complexity index is 354. The molecular weight excluding hydrogens is 200 g/mol. The molecule has 1 fully saturated rings. The zero-order valence-corrected chi connectivity index (χ0v) is 8.34. The van der Waals surface area contributed by atoms with Crippen molar-refractivity contribution in [2.24, 2.45) is 0 Å². The van der Waals surface area contributed by atoms with E-state index in [0.29, 0.717) is 11.6 Å². The number of halogens is 1. The summed E-state index contributed by atoms with van der Waals surface area (Å²) < 4.78 is 0. The summed E-state index contributed by atoms with van der Waals surface area (Å²) in [6, 6.07) is 7.09. The van der Waals surface area contributed by atoms with E-state index in [2.05, 4.69) is 10.6 Å². The Hall–Kier alpha value is -1.06. The van der Waals surface area contributed by atoms with E-state index in [1.807, 2.05) is 18.2 Å². The Morgan fingerprint density at radius 3 is 2.93 bits per heavy atom. The van der Waals surface area contributed by atoms with E-state index in [9.17, 15) is 4.79 Å². The first-order chi connectivity index (χ1) is 6.77. The van der Waals surface area contributed by atoms with Gasteiger partial charge in [0, 0.05) is 18.1 Å². The van der Waals surface area contributed by atoms with Gasteiger partial charge in [0.2, 0.25) is 5.91 Å². The van der Waals surface area contributed by atoms with Gasteiger partial charge in [0.25, 0.3) is 0 Å². The van der Waals surface area contributed by atoms with Crippen LogP contribution in [0.1, 0.15) is 11.6 Å². The third kappa shape index (κ3) is 1.89. The van der Waals surface area contributed by atoms with Crippen molar-refractivity contribution in [1.29, 1.82) is 0 Å². The van der Waals surface area contributed by atoms with Gasteiger partial charge >= 0.3 is 0 Å². The molecule has 0 radical (unpaired) electrons. The van der Waals surface area contributed by atoms with Gasteiger partial charge in [0.1, 0.15) is 6.04 Å². The predicted molar refractivity (Wildman–Crippen MR) is 55.2 cm³/mol. The predicted octanol–water partition coefficient (Wildman–Crippen LogP) is 1.10. The van der Waals surface area contributed by atoms with Crippen molar-refractivity contribution >= 4 is 17.5 Å². The van der Waals surface area contributed by atoms with Gasteiger partial charge in [0.05, 0.1) is 0 Å². The minimum absolute atomic E-state index is 0.0125. The first-order valence-electron chi connectivity index (χ1n) is 4.54. The van der Waals surface area contributed by atoms with E-state index in [0.717, 1.165) is 12.1 Å². The minimum atomic E-state index is -0.262. The number of nitrogens with one attached hydrogen (secondary N) is 2. The molecule has 1 aliphatic rings. The fourth-order valence-corrected chi connectivity index (χ4v) is 1.75. The Morgan fingerprint density at radius 2 is 2.21 bits per heavy atom. The van der Waals surface area contributed by atoms with E-state index in [4.69, 9.17) is 11.6 Å². The third-order valence-electron chi connectivity index (χ3n) is 2.22. The topological polar surface area (TPSA) is 41.1 Å². The summed E-state index contributed by atoms with van der Waals surface area (Å²) in [4.78, 5) is 11.5. The van der Waals surface area contributed by atoms with Crippen LogP contribution in [0.3, 0.4) is 0 Å². The number of piperazine rings is 1. The molecule has 3 nitrogen and oxygen atoms in total. The van der Waals surface area contributed by atoms with Crippen LogP contribution in [0, 0.1) is 0 Å². The maximum Gasteiger partial charge on any atom is 0.241 e. The summed E-state index contributed by atoms with van der Waals surface area (Å²) in [7, 11) is 0. The Kier molecular flexibility index (Phi) is 2.70. The maximum atomic E-state index is 11.5. The van der Waals surface area contributed by atoms with Crippen LogP contribution in [-0.2, 0) is 4.79 Å². The monoisotopic (exact) mass is 210 g/mol. The maximum absolute atomic E-state index is 11.5. The zero-order chi connectivity index (χ0) is 9.97. The minimum Gasteiger partial charge on any atom is -0.353 e. The average molecular weight is 211 g/mol. The van der Waals surface area contributed by atoms with Gasteiger partial charge in [-0.3, -0.25) is 4.79 Å². The summed E-state index contributed by atoms with van der Waals surface area (Å²) >= 11 is 5.85. The van der Waals surface area contributed by atoms with Crippen LogP contribution in [-0.4, -0.2) is 19.0 Å². The quantitative estimate of drug-likeness (QED) is 0.729. The van der Waals surface area contributed by atoms with Gasteiger partial charge < -0.3 is 10.6 Å². The standard InChI is InChI=1S/C10H11ClN2O/c11-8-3-1-2-7(6-8)9-10(14)13-5-4-12-9/h1-3,6,9,12H,4-5H2,(H,13,14)/t9-/m0/s1. The average Bonchev–Trinajstić information content (AvgIpc) is 2.18. The van der Waals surface area contributed by atoms with Crippen LogP contribution in [0.2, 0.25) is 5.02 Å². The molecule has 0 unspecified atom stereocenters. The normalized spacial score (nSPS) is 21.8.